The largest absolute Gasteiger partial charge is 0.357 e. The molecular weight excluding hydrogens is 461 g/mol. The number of hydrogen-bond donors (Lipinski definition) is 2. The van der Waals surface area contributed by atoms with Gasteiger partial charge < -0.3 is 15.5 Å². The van der Waals surface area contributed by atoms with Gasteiger partial charge >= 0.3 is 0 Å². The average molecular weight is 487 g/mol. The Morgan fingerprint density at radius 3 is 2.54 bits per heavy atom. The molecule has 0 spiro atoms. The molecule has 0 bridgehead atoms. The van der Waals surface area contributed by atoms with Gasteiger partial charge in [-0.15, -0.1) is 35.3 Å². The summed E-state index contributed by atoms with van der Waals surface area (Å²) in [7, 11) is 3.45. The van der Waals surface area contributed by atoms with E-state index in [-0.39, 0.29) is 36.4 Å². The molecule has 26 heavy (non-hydrogen) atoms. The number of aromatic nitrogens is 1. The number of thiazole rings is 1. The number of hydrogen-bond acceptors (Lipinski definition) is 4. The van der Waals surface area contributed by atoms with Crippen molar-refractivity contribution in [3.8, 4) is 10.6 Å². The van der Waals surface area contributed by atoms with Crippen molar-refractivity contribution in [2.45, 2.75) is 20.4 Å². The summed E-state index contributed by atoms with van der Waals surface area (Å²) in [6.45, 7) is 5.49. The van der Waals surface area contributed by atoms with Crippen LogP contribution in [0.5, 0.6) is 0 Å². The third-order valence-corrected chi connectivity index (χ3v) is 4.75. The van der Waals surface area contributed by atoms with E-state index in [9.17, 15) is 4.79 Å². The molecule has 142 valence electrons. The molecule has 2 rings (SSSR count). The van der Waals surface area contributed by atoms with Crippen LogP contribution in [-0.2, 0) is 11.3 Å². The minimum atomic E-state index is -0.0301. The molecule has 0 saturated carbocycles. The Balaban J connectivity index is 0.00000338. The van der Waals surface area contributed by atoms with E-state index in [0.29, 0.717) is 12.5 Å². The van der Waals surface area contributed by atoms with Gasteiger partial charge in [-0.05, 0) is 13.8 Å². The van der Waals surface area contributed by atoms with Crippen LogP contribution in [0.25, 0.3) is 10.6 Å². The molecule has 0 fully saturated rings. The lowest BCUT2D eigenvalue weighted by Crippen LogP contribution is -2.38. The molecule has 0 atom stereocenters. The number of aliphatic imine (C=N–C) groups is 1. The number of rotatable bonds is 6. The standard InChI is InChI=1S/C18H25N5OS.HI/c1-5-19-18(21-12-16(24)23(3)4)20-11-15-13(2)22-17(25-15)14-9-7-6-8-10-14;/h6-10H,5,11-12H2,1-4H3,(H2,19,20,21);1H. The zero-order chi connectivity index (χ0) is 18.2. The molecular formula is C18H26IN5OS. The van der Waals surface area contributed by atoms with Crippen molar-refractivity contribution in [3.63, 3.8) is 0 Å². The summed E-state index contributed by atoms with van der Waals surface area (Å²) >= 11 is 1.67. The second-order valence-corrected chi connectivity index (χ2v) is 6.81. The number of aryl methyl sites for hydroxylation is 1. The molecule has 0 aliphatic carbocycles. The molecule has 6 nitrogen and oxygen atoms in total. The van der Waals surface area contributed by atoms with Crippen molar-refractivity contribution in [3.05, 3.63) is 40.9 Å². The van der Waals surface area contributed by atoms with E-state index in [4.69, 9.17) is 0 Å². The fourth-order valence-electron chi connectivity index (χ4n) is 2.09. The molecule has 0 radical (unpaired) electrons. The lowest BCUT2D eigenvalue weighted by atomic mass is 10.2. The van der Waals surface area contributed by atoms with E-state index < -0.39 is 0 Å². The number of nitrogens with one attached hydrogen (secondary N) is 2. The summed E-state index contributed by atoms with van der Waals surface area (Å²) in [5.74, 6) is 0.601. The van der Waals surface area contributed by atoms with Gasteiger partial charge in [0.1, 0.15) is 11.6 Å². The first-order valence-corrected chi connectivity index (χ1v) is 9.07. The van der Waals surface area contributed by atoms with Crippen molar-refractivity contribution < 1.29 is 4.79 Å². The maximum absolute atomic E-state index is 11.7. The van der Waals surface area contributed by atoms with Gasteiger partial charge in [-0.3, -0.25) is 4.79 Å². The Morgan fingerprint density at radius 1 is 1.23 bits per heavy atom. The predicted molar refractivity (Wildman–Crippen MR) is 119 cm³/mol. The first kappa shape index (κ1) is 22.4. The van der Waals surface area contributed by atoms with Crippen molar-refractivity contribution in [2.75, 3.05) is 27.2 Å². The third kappa shape index (κ3) is 6.56. The fourth-order valence-corrected chi connectivity index (χ4v) is 3.10. The highest BCUT2D eigenvalue weighted by Crippen LogP contribution is 2.27. The summed E-state index contributed by atoms with van der Waals surface area (Å²) < 4.78 is 0. The lowest BCUT2D eigenvalue weighted by Gasteiger charge is -2.12. The predicted octanol–water partition coefficient (Wildman–Crippen LogP) is 2.88. The van der Waals surface area contributed by atoms with Crippen LogP contribution in [0, 0.1) is 6.92 Å². The number of carbonyl (C=O) groups excluding carboxylic acids is 1. The van der Waals surface area contributed by atoms with E-state index in [1.165, 1.54) is 4.90 Å². The van der Waals surface area contributed by atoms with Gasteiger partial charge in [0.15, 0.2) is 5.96 Å². The van der Waals surface area contributed by atoms with Gasteiger partial charge in [-0.25, -0.2) is 9.98 Å². The quantitative estimate of drug-likeness (QED) is 0.374. The minimum absolute atomic E-state index is 0. The molecule has 0 aliphatic heterocycles. The van der Waals surface area contributed by atoms with Crippen molar-refractivity contribution >= 4 is 47.2 Å². The Morgan fingerprint density at radius 2 is 1.92 bits per heavy atom. The molecule has 0 unspecified atom stereocenters. The van der Waals surface area contributed by atoms with E-state index in [1.807, 2.05) is 32.0 Å². The zero-order valence-electron chi connectivity index (χ0n) is 15.6. The summed E-state index contributed by atoms with van der Waals surface area (Å²) in [5, 5.41) is 7.45. The topological polar surface area (TPSA) is 69.6 Å². The van der Waals surface area contributed by atoms with Crippen molar-refractivity contribution in [1.82, 2.24) is 20.5 Å². The number of halogens is 1. The van der Waals surface area contributed by atoms with Gasteiger partial charge in [-0.2, -0.15) is 0 Å². The highest BCUT2D eigenvalue weighted by Gasteiger charge is 2.10. The molecule has 0 saturated heterocycles. The summed E-state index contributed by atoms with van der Waals surface area (Å²) in [6.07, 6.45) is 0. The first-order valence-electron chi connectivity index (χ1n) is 8.25. The molecule has 1 heterocycles. The minimum Gasteiger partial charge on any atom is -0.357 e. The van der Waals surface area contributed by atoms with Crippen molar-refractivity contribution in [2.24, 2.45) is 4.99 Å². The van der Waals surface area contributed by atoms with Crippen LogP contribution in [0.1, 0.15) is 17.5 Å². The van der Waals surface area contributed by atoms with Crippen LogP contribution < -0.4 is 10.6 Å². The van der Waals surface area contributed by atoms with E-state index >= 15 is 0 Å². The van der Waals surface area contributed by atoms with E-state index in [2.05, 4.69) is 32.7 Å². The Hall–Kier alpha value is -1.68. The normalized spacial score (nSPS) is 10.8. The fraction of sp³-hybridized carbons (Fsp3) is 0.389. The third-order valence-electron chi connectivity index (χ3n) is 3.55. The number of nitrogens with zero attached hydrogens (tertiary/aromatic N) is 3. The van der Waals surface area contributed by atoms with Gasteiger partial charge in [-0.1, -0.05) is 30.3 Å². The van der Waals surface area contributed by atoms with Gasteiger partial charge in [0.2, 0.25) is 5.91 Å². The second-order valence-electron chi connectivity index (χ2n) is 5.73. The SMILES string of the molecule is CCNC(=NCC(=O)N(C)C)NCc1sc(-c2ccccc2)nc1C.I. The number of likely N-dealkylation sites (N-methyl/N-ethyl adjacent to an activating group) is 1. The molecule has 1 amide bonds. The van der Waals surface area contributed by atoms with Crippen LogP contribution in [-0.4, -0.2) is 48.9 Å². The van der Waals surface area contributed by atoms with E-state index in [1.54, 1.807) is 25.4 Å². The van der Waals surface area contributed by atoms with Gasteiger partial charge in [0.25, 0.3) is 0 Å². The molecule has 2 aromatic rings. The number of benzene rings is 1. The smallest absolute Gasteiger partial charge is 0.243 e. The zero-order valence-corrected chi connectivity index (χ0v) is 18.7. The number of carbonyl (C=O) groups is 1. The maximum atomic E-state index is 11.7. The van der Waals surface area contributed by atoms with Crippen LogP contribution in [0.2, 0.25) is 0 Å². The average Bonchev–Trinajstić information content (AvgIpc) is 2.98. The Kier molecular flexibility index (Phi) is 9.57. The summed E-state index contributed by atoms with van der Waals surface area (Å²) in [6, 6.07) is 10.2. The highest BCUT2D eigenvalue weighted by atomic mass is 127. The van der Waals surface area contributed by atoms with Crippen LogP contribution in [0.15, 0.2) is 35.3 Å². The maximum Gasteiger partial charge on any atom is 0.243 e. The Labute approximate surface area is 176 Å². The molecule has 1 aromatic carbocycles. The number of amides is 1. The first-order chi connectivity index (χ1) is 12.0. The van der Waals surface area contributed by atoms with E-state index in [0.717, 1.165) is 27.7 Å². The highest BCUT2D eigenvalue weighted by molar-refractivity contribution is 14.0. The van der Waals surface area contributed by atoms with Gasteiger partial charge in [0.05, 0.1) is 12.2 Å². The molecule has 0 aliphatic rings. The van der Waals surface area contributed by atoms with Crippen LogP contribution in [0.3, 0.4) is 0 Å². The van der Waals surface area contributed by atoms with Gasteiger partial charge in [0, 0.05) is 31.1 Å². The molecule has 1 aromatic heterocycles. The van der Waals surface area contributed by atoms with Crippen LogP contribution >= 0.6 is 35.3 Å². The monoisotopic (exact) mass is 487 g/mol. The lowest BCUT2D eigenvalue weighted by molar-refractivity contribution is -0.127. The Bertz CT molecular complexity index is 730. The molecule has 2 N–H and O–H groups in total. The van der Waals surface area contributed by atoms with Crippen LogP contribution in [0.4, 0.5) is 0 Å². The number of guanidine groups is 1. The van der Waals surface area contributed by atoms with Crippen molar-refractivity contribution in [1.29, 1.82) is 0 Å². The summed E-state index contributed by atoms with van der Waals surface area (Å²) in [4.78, 5) is 23.4. The summed E-state index contributed by atoms with van der Waals surface area (Å²) in [5.41, 5.74) is 2.13. The second kappa shape index (κ2) is 11.1. The molecule has 8 heteroatoms.